The van der Waals surface area contributed by atoms with Gasteiger partial charge in [-0.2, -0.15) is 0 Å². The van der Waals surface area contributed by atoms with Crippen molar-refractivity contribution in [2.24, 2.45) is 5.73 Å². The molecule has 4 nitrogen and oxygen atoms in total. The summed E-state index contributed by atoms with van der Waals surface area (Å²) >= 11 is 0. The van der Waals surface area contributed by atoms with E-state index in [1.807, 2.05) is 0 Å². The molecular formula is C11H20N2O2. The molecule has 1 saturated heterocycles. The molecule has 0 bridgehead atoms. The normalized spacial score (nSPS) is 32.1. The van der Waals surface area contributed by atoms with Gasteiger partial charge in [-0.1, -0.05) is 12.8 Å². The lowest BCUT2D eigenvalue weighted by Crippen LogP contribution is -2.40. The monoisotopic (exact) mass is 212 g/mol. The summed E-state index contributed by atoms with van der Waals surface area (Å²) in [5, 5.41) is 3.06. The van der Waals surface area contributed by atoms with Crippen molar-refractivity contribution in [1.82, 2.24) is 5.32 Å². The van der Waals surface area contributed by atoms with Gasteiger partial charge in [-0.3, -0.25) is 4.79 Å². The first kappa shape index (κ1) is 10.9. The van der Waals surface area contributed by atoms with Gasteiger partial charge in [0.05, 0.1) is 6.10 Å². The van der Waals surface area contributed by atoms with E-state index in [0.717, 1.165) is 25.7 Å². The molecule has 2 rings (SSSR count). The molecule has 86 valence electrons. The number of nitrogens with one attached hydrogen (secondary N) is 1. The minimum absolute atomic E-state index is 0.0675. The van der Waals surface area contributed by atoms with Crippen LogP contribution in [0, 0.1) is 0 Å². The number of ether oxygens (including phenoxy) is 1. The lowest BCUT2D eigenvalue weighted by Gasteiger charge is -2.16. The van der Waals surface area contributed by atoms with E-state index in [0.29, 0.717) is 12.6 Å². The van der Waals surface area contributed by atoms with Crippen LogP contribution in [-0.4, -0.2) is 30.7 Å². The Morgan fingerprint density at radius 1 is 1.27 bits per heavy atom. The van der Waals surface area contributed by atoms with Crippen LogP contribution in [0.3, 0.4) is 0 Å². The summed E-state index contributed by atoms with van der Waals surface area (Å²) in [7, 11) is 0. The fourth-order valence-corrected chi connectivity index (χ4v) is 2.44. The van der Waals surface area contributed by atoms with Crippen molar-refractivity contribution in [3.63, 3.8) is 0 Å². The second kappa shape index (κ2) is 4.94. The Morgan fingerprint density at radius 2 is 2.00 bits per heavy atom. The number of amides is 1. The molecule has 0 spiro atoms. The van der Waals surface area contributed by atoms with Gasteiger partial charge in [-0.15, -0.1) is 0 Å². The summed E-state index contributed by atoms with van der Waals surface area (Å²) in [6, 6.07) is 0.387. The number of rotatable bonds is 3. The predicted octanol–water partition coefficient (Wildman–Crippen LogP) is 0.551. The van der Waals surface area contributed by atoms with Crippen molar-refractivity contribution >= 4 is 5.91 Å². The van der Waals surface area contributed by atoms with Crippen LogP contribution < -0.4 is 11.1 Å². The summed E-state index contributed by atoms with van der Waals surface area (Å²) in [4.78, 5) is 11.8. The van der Waals surface area contributed by atoms with Crippen LogP contribution in [0.1, 0.15) is 38.5 Å². The van der Waals surface area contributed by atoms with Crippen LogP contribution >= 0.6 is 0 Å². The smallest absolute Gasteiger partial charge is 0.249 e. The Kier molecular flexibility index (Phi) is 3.59. The van der Waals surface area contributed by atoms with Gasteiger partial charge in [-0.05, 0) is 25.7 Å². The highest BCUT2D eigenvalue weighted by molar-refractivity contribution is 5.81. The lowest BCUT2D eigenvalue weighted by molar-refractivity contribution is -0.132. The maximum atomic E-state index is 11.8. The van der Waals surface area contributed by atoms with Crippen molar-refractivity contribution in [2.45, 2.75) is 56.8 Å². The Hall–Kier alpha value is -0.610. The Morgan fingerprint density at radius 3 is 2.60 bits per heavy atom. The molecule has 0 radical (unpaired) electrons. The van der Waals surface area contributed by atoms with E-state index in [9.17, 15) is 4.79 Å². The van der Waals surface area contributed by atoms with E-state index in [2.05, 4.69) is 5.32 Å². The molecule has 15 heavy (non-hydrogen) atoms. The maximum absolute atomic E-state index is 11.8. The molecule has 1 aliphatic carbocycles. The largest absolute Gasteiger partial charge is 0.364 e. The van der Waals surface area contributed by atoms with Crippen LogP contribution in [0.15, 0.2) is 0 Å². The zero-order valence-electron chi connectivity index (χ0n) is 9.08. The first-order valence-corrected chi connectivity index (χ1v) is 5.95. The van der Waals surface area contributed by atoms with Gasteiger partial charge in [0, 0.05) is 12.6 Å². The number of carbonyl (C=O) groups is 1. The van der Waals surface area contributed by atoms with Gasteiger partial charge in [0.2, 0.25) is 5.91 Å². The Labute approximate surface area is 90.5 Å². The minimum Gasteiger partial charge on any atom is -0.364 e. The highest BCUT2D eigenvalue weighted by Gasteiger charge is 2.31. The summed E-state index contributed by atoms with van der Waals surface area (Å²) in [5.41, 5.74) is 5.50. The van der Waals surface area contributed by atoms with Crippen LogP contribution in [0.4, 0.5) is 0 Å². The highest BCUT2D eigenvalue weighted by Crippen LogP contribution is 2.21. The van der Waals surface area contributed by atoms with Crippen LogP contribution in [0.25, 0.3) is 0 Å². The number of nitrogens with two attached hydrogens (primary N) is 1. The lowest BCUT2D eigenvalue weighted by atomic mass is 10.1. The number of hydrogen-bond acceptors (Lipinski definition) is 3. The molecule has 0 unspecified atom stereocenters. The second-order valence-electron chi connectivity index (χ2n) is 4.55. The fourth-order valence-electron chi connectivity index (χ4n) is 2.44. The van der Waals surface area contributed by atoms with Gasteiger partial charge in [0.15, 0.2) is 0 Å². The van der Waals surface area contributed by atoms with Crippen molar-refractivity contribution in [3.8, 4) is 0 Å². The Bertz CT molecular complexity index is 227. The molecule has 0 aromatic rings. The van der Waals surface area contributed by atoms with Gasteiger partial charge in [0.1, 0.15) is 6.10 Å². The second-order valence-corrected chi connectivity index (χ2v) is 4.55. The third-order valence-corrected chi connectivity index (χ3v) is 3.36. The van der Waals surface area contributed by atoms with E-state index < -0.39 is 0 Å². The third-order valence-electron chi connectivity index (χ3n) is 3.36. The predicted molar refractivity (Wildman–Crippen MR) is 57.3 cm³/mol. The molecule has 4 heteroatoms. The van der Waals surface area contributed by atoms with Crippen LogP contribution in [-0.2, 0) is 9.53 Å². The van der Waals surface area contributed by atoms with Gasteiger partial charge in [-0.25, -0.2) is 0 Å². The molecule has 1 saturated carbocycles. The topological polar surface area (TPSA) is 64.4 Å². The van der Waals surface area contributed by atoms with Crippen molar-refractivity contribution in [3.05, 3.63) is 0 Å². The molecule has 1 amide bonds. The molecule has 1 heterocycles. The average molecular weight is 212 g/mol. The first-order valence-electron chi connectivity index (χ1n) is 5.95. The Balaban J connectivity index is 1.76. The molecule has 0 aromatic heterocycles. The highest BCUT2D eigenvalue weighted by atomic mass is 16.5. The first-order chi connectivity index (χ1) is 7.29. The number of carbonyl (C=O) groups excluding carboxylic acids is 1. The molecular weight excluding hydrogens is 192 g/mol. The van der Waals surface area contributed by atoms with Gasteiger partial charge < -0.3 is 15.8 Å². The maximum Gasteiger partial charge on any atom is 0.249 e. The van der Waals surface area contributed by atoms with E-state index in [4.69, 9.17) is 10.5 Å². The zero-order valence-corrected chi connectivity index (χ0v) is 9.08. The summed E-state index contributed by atoms with van der Waals surface area (Å²) in [6.07, 6.45) is 6.30. The molecule has 1 aliphatic heterocycles. The average Bonchev–Trinajstić information content (AvgIpc) is 2.86. The van der Waals surface area contributed by atoms with Crippen LogP contribution in [0.5, 0.6) is 0 Å². The molecule has 2 aliphatic rings. The van der Waals surface area contributed by atoms with E-state index in [1.165, 1.54) is 12.8 Å². The zero-order chi connectivity index (χ0) is 10.7. The minimum atomic E-state index is -0.251. The quantitative estimate of drug-likeness (QED) is 0.718. The fraction of sp³-hybridized carbons (Fsp3) is 0.909. The summed E-state index contributed by atoms with van der Waals surface area (Å²) in [5.74, 6) is 0.0675. The van der Waals surface area contributed by atoms with Gasteiger partial charge in [0.25, 0.3) is 0 Å². The van der Waals surface area contributed by atoms with E-state index in [-0.39, 0.29) is 18.1 Å². The third kappa shape index (κ3) is 2.69. The van der Waals surface area contributed by atoms with Crippen molar-refractivity contribution < 1.29 is 9.53 Å². The van der Waals surface area contributed by atoms with E-state index >= 15 is 0 Å². The van der Waals surface area contributed by atoms with Crippen molar-refractivity contribution in [1.29, 1.82) is 0 Å². The number of hydrogen-bond donors (Lipinski definition) is 2. The van der Waals surface area contributed by atoms with Crippen molar-refractivity contribution in [2.75, 3.05) is 6.54 Å². The molecule has 2 atom stereocenters. The summed E-state index contributed by atoms with van der Waals surface area (Å²) in [6.45, 7) is 0.521. The summed E-state index contributed by atoms with van der Waals surface area (Å²) < 4.78 is 5.55. The molecule has 0 aromatic carbocycles. The standard InChI is InChI=1S/C11H20N2O2/c12-7-9-5-6-10(15-9)11(14)13-8-3-1-2-4-8/h8-10H,1-7,12H2,(H,13,14)/t9-,10+/m1/s1. The van der Waals surface area contributed by atoms with Crippen LogP contribution in [0.2, 0.25) is 0 Å². The van der Waals surface area contributed by atoms with E-state index in [1.54, 1.807) is 0 Å². The molecule has 2 fully saturated rings. The SMILES string of the molecule is NC[C@H]1CC[C@@H](C(=O)NC2CCCC2)O1. The molecule has 3 N–H and O–H groups in total. The van der Waals surface area contributed by atoms with Gasteiger partial charge >= 0.3 is 0 Å².